The Bertz CT molecular complexity index is 539. The third-order valence-corrected chi connectivity index (χ3v) is 4.16. The van der Waals surface area contributed by atoms with Crippen LogP contribution < -0.4 is 10.6 Å². The summed E-state index contributed by atoms with van der Waals surface area (Å²) in [6.45, 7) is 5.08. The number of guanidine groups is 1. The predicted molar refractivity (Wildman–Crippen MR) is 105 cm³/mol. The third kappa shape index (κ3) is 5.67. The molecule has 0 spiro atoms. The van der Waals surface area contributed by atoms with Gasteiger partial charge in [-0.25, -0.2) is 0 Å². The molecular weight excluding hydrogens is 403 g/mol. The maximum absolute atomic E-state index is 11.7. The van der Waals surface area contributed by atoms with Gasteiger partial charge in [-0.05, 0) is 36.5 Å². The maximum atomic E-state index is 11.7. The second kappa shape index (κ2) is 9.75. The number of halogens is 1. The SMILES string of the molecule is CN=C(NCc1cccc(C(=O)NC)c1)N1CCC(C)CC1.I. The molecule has 128 valence electrons. The van der Waals surface area contributed by atoms with Crippen molar-refractivity contribution in [1.82, 2.24) is 15.5 Å². The average Bonchev–Trinajstić information content (AvgIpc) is 2.56. The molecule has 0 unspecified atom stereocenters. The standard InChI is InChI=1S/C17H26N4O.HI/c1-13-7-9-21(10-8-13)17(19-3)20-12-14-5-4-6-15(11-14)16(22)18-2;/h4-6,11,13H,7-10,12H2,1-3H3,(H,18,22)(H,19,20);1H. The minimum absolute atomic E-state index is 0. The summed E-state index contributed by atoms with van der Waals surface area (Å²) in [4.78, 5) is 18.4. The summed E-state index contributed by atoms with van der Waals surface area (Å²) in [5.74, 6) is 1.69. The zero-order chi connectivity index (χ0) is 15.9. The van der Waals surface area contributed by atoms with E-state index in [0.29, 0.717) is 12.1 Å². The van der Waals surface area contributed by atoms with E-state index in [1.165, 1.54) is 12.8 Å². The van der Waals surface area contributed by atoms with Crippen molar-refractivity contribution in [1.29, 1.82) is 0 Å². The minimum atomic E-state index is -0.0590. The van der Waals surface area contributed by atoms with Crippen LogP contribution in [-0.4, -0.2) is 44.0 Å². The van der Waals surface area contributed by atoms with Gasteiger partial charge in [0, 0.05) is 39.3 Å². The summed E-state index contributed by atoms with van der Waals surface area (Å²) in [5, 5.41) is 6.05. The first-order valence-corrected chi connectivity index (χ1v) is 7.90. The van der Waals surface area contributed by atoms with Gasteiger partial charge in [0.1, 0.15) is 0 Å². The van der Waals surface area contributed by atoms with E-state index in [1.54, 1.807) is 7.05 Å². The number of carbonyl (C=O) groups is 1. The molecule has 0 aromatic heterocycles. The Hall–Kier alpha value is -1.31. The van der Waals surface area contributed by atoms with Gasteiger partial charge in [-0.15, -0.1) is 24.0 Å². The van der Waals surface area contributed by atoms with E-state index in [9.17, 15) is 4.79 Å². The zero-order valence-corrected chi connectivity index (χ0v) is 16.5. The monoisotopic (exact) mass is 430 g/mol. The van der Waals surface area contributed by atoms with Gasteiger partial charge in [0.05, 0.1) is 0 Å². The summed E-state index contributed by atoms with van der Waals surface area (Å²) in [6.07, 6.45) is 2.43. The van der Waals surface area contributed by atoms with Crippen LogP contribution in [0.15, 0.2) is 29.3 Å². The highest BCUT2D eigenvalue weighted by atomic mass is 127. The van der Waals surface area contributed by atoms with Gasteiger partial charge in [0.25, 0.3) is 5.91 Å². The molecule has 0 atom stereocenters. The number of hydrogen-bond acceptors (Lipinski definition) is 2. The Morgan fingerprint density at radius 2 is 2.04 bits per heavy atom. The highest BCUT2D eigenvalue weighted by Gasteiger charge is 2.18. The quantitative estimate of drug-likeness (QED) is 0.440. The molecule has 2 N–H and O–H groups in total. The molecule has 1 fully saturated rings. The van der Waals surface area contributed by atoms with Gasteiger partial charge in [-0.1, -0.05) is 19.1 Å². The fourth-order valence-corrected chi connectivity index (χ4v) is 2.70. The summed E-state index contributed by atoms with van der Waals surface area (Å²) in [6, 6.07) is 7.67. The van der Waals surface area contributed by atoms with E-state index in [1.807, 2.05) is 31.3 Å². The molecule has 1 aromatic rings. The molecule has 1 aliphatic heterocycles. The van der Waals surface area contributed by atoms with Gasteiger partial charge in [0.15, 0.2) is 5.96 Å². The molecule has 2 rings (SSSR count). The Morgan fingerprint density at radius 3 is 2.65 bits per heavy atom. The molecule has 1 aliphatic rings. The number of nitrogens with zero attached hydrogens (tertiary/aromatic N) is 2. The van der Waals surface area contributed by atoms with Gasteiger partial charge >= 0.3 is 0 Å². The molecule has 1 saturated heterocycles. The zero-order valence-electron chi connectivity index (χ0n) is 14.1. The number of aliphatic imine (C=N–C) groups is 1. The van der Waals surface area contributed by atoms with Gasteiger partial charge in [0.2, 0.25) is 0 Å². The van der Waals surface area contributed by atoms with E-state index in [0.717, 1.165) is 30.5 Å². The number of piperidine rings is 1. The number of benzene rings is 1. The Kier molecular flexibility index (Phi) is 8.36. The number of likely N-dealkylation sites (tertiary alicyclic amines) is 1. The van der Waals surface area contributed by atoms with Crippen LogP contribution in [-0.2, 0) is 6.54 Å². The molecule has 0 radical (unpaired) electrons. The Balaban J connectivity index is 0.00000264. The highest BCUT2D eigenvalue weighted by Crippen LogP contribution is 2.16. The van der Waals surface area contributed by atoms with E-state index >= 15 is 0 Å². The second-order valence-corrected chi connectivity index (χ2v) is 5.85. The van der Waals surface area contributed by atoms with Crippen molar-refractivity contribution in [2.45, 2.75) is 26.3 Å². The van der Waals surface area contributed by atoms with Crippen LogP contribution in [0.25, 0.3) is 0 Å². The summed E-state index contributed by atoms with van der Waals surface area (Å²) < 4.78 is 0. The first-order chi connectivity index (χ1) is 10.6. The van der Waals surface area contributed by atoms with Crippen molar-refractivity contribution in [3.05, 3.63) is 35.4 Å². The van der Waals surface area contributed by atoms with Crippen molar-refractivity contribution in [2.75, 3.05) is 27.2 Å². The lowest BCUT2D eigenvalue weighted by Crippen LogP contribution is -2.45. The van der Waals surface area contributed by atoms with Crippen molar-refractivity contribution >= 4 is 35.8 Å². The fraction of sp³-hybridized carbons (Fsp3) is 0.529. The summed E-state index contributed by atoms with van der Waals surface area (Å²) in [5.41, 5.74) is 1.76. The van der Waals surface area contributed by atoms with E-state index in [4.69, 9.17) is 0 Å². The molecule has 1 heterocycles. The van der Waals surface area contributed by atoms with E-state index < -0.39 is 0 Å². The van der Waals surface area contributed by atoms with Crippen LogP contribution in [0.5, 0.6) is 0 Å². The van der Waals surface area contributed by atoms with Crippen molar-refractivity contribution in [3.63, 3.8) is 0 Å². The van der Waals surface area contributed by atoms with Crippen LogP contribution in [0, 0.1) is 5.92 Å². The minimum Gasteiger partial charge on any atom is -0.355 e. The van der Waals surface area contributed by atoms with E-state index in [-0.39, 0.29) is 29.9 Å². The smallest absolute Gasteiger partial charge is 0.251 e. The molecule has 1 amide bonds. The number of nitrogens with one attached hydrogen (secondary N) is 2. The fourth-order valence-electron chi connectivity index (χ4n) is 2.70. The van der Waals surface area contributed by atoms with Gasteiger partial charge in [-0.2, -0.15) is 0 Å². The van der Waals surface area contributed by atoms with Crippen LogP contribution in [0.3, 0.4) is 0 Å². The van der Waals surface area contributed by atoms with Crippen molar-refractivity contribution < 1.29 is 4.79 Å². The van der Waals surface area contributed by atoms with Crippen molar-refractivity contribution in [3.8, 4) is 0 Å². The number of rotatable bonds is 3. The lowest BCUT2D eigenvalue weighted by molar-refractivity contribution is 0.0963. The maximum Gasteiger partial charge on any atom is 0.251 e. The lowest BCUT2D eigenvalue weighted by Gasteiger charge is -2.32. The predicted octanol–water partition coefficient (Wildman–Crippen LogP) is 2.47. The largest absolute Gasteiger partial charge is 0.355 e. The van der Waals surface area contributed by atoms with Gasteiger partial charge in [-0.3, -0.25) is 9.79 Å². The normalized spacial score (nSPS) is 15.8. The topological polar surface area (TPSA) is 56.7 Å². The molecule has 6 heteroatoms. The Labute approximate surface area is 156 Å². The molecular formula is C17H27IN4O. The highest BCUT2D eigenvalue weighted by molar-refractivity contribution is 14.0. The second-order valence-electron chi connectivity index (χ2n) is 5.85. The summed E-state index contributed by atoms with van der Waals surface area (Å²) >= 11 is 0. The first kappa shape index (κ1) is 19.7. The number of amides is 1. The number of carbonyl (C=O) groups excluding carboxylic acids is 1. The van der Waals surface area contributed by atoms with Crippen LogP contribution in [0.2, 0.25) is 0 Å². The van der Waals surface area contributed by atoms with Crippen molar-refractivity contribution in [2.24, 2.45) is 10.9 Å². The molecule has 23 heavy (non-hydrogen) atoms. The molecule has 1 aromatic carbocycles. The molecule has 0 saturated carbocycles. The molecule has 0 aliphatic carbocycles. The van der Waals surface area contributed by atoms with Crippen LogP contribution in [0.1, 0.15) is 35.7 Å². The average molecular weight is 430 g/mol. The third-order valence-electron chi connectivity index (χ3n) is 4.16. The number of hydrogen-bond donors (Lipinski definition) is 2. The molecule has 5 nitrogen and oxygen atoms in total. The molecule has 0 bridgehead atoms. The first-order valence-electron chi connectivity index (χ1n) is 7.90. The Morgan fingerprint density at radius 1 is 1.35 bits per heavy atom. The lowest BCUT2D eigenvalue weighted by atomic mass is 9.99. The van der Waals surface area contributed by atoms with E-state index in [2.05, 4.69) is 27.4 Å². The van der Waals surface area contributed by atoms with Gasteiger partial charge < -0.3 is 15.5 Å². The van der Waals surface area contributed by atoms with Crippen LogP contribution in [0.4, 0.5) is 0 Å². The summed E-state index contributed by atoms with van der Waals surface area (Å²) in [7, 11) is 3.47. The van der Waals surface area contributed by atoms with Crippen LogP contribution >= 0.6 is 24.0 Å².